The highest BCUT2D eigenvalue weighted by atomic mass is 16.5. The standard InChI is InChI=1S/C19H24N4O3/c1-22-12-15(11-20-22)14-6-8-23(9-7-14)13-19(24)21-17-5-4-16(25-2)10-18(17)26-3/h4-6,10-12H,7-9,13H2,1-3H3,(H,21,24). The monoisotopic (exact) mass is 356 g/mol. The van der Waals surface area contributed by atoms with Gasteiger partial charge in [0.15, 0.2) is 0 Å². The Kier molecular flexibility index (Phi) is 5.58. The van der Waals surface area contributed by atoms with Gasteiger partial charge in [0.2, 0.25) is 5.91 Å². The van der Waals surface area contributed by atoms with Gasteiger partial charge in [-0.05, 0) is 24.1 Å². The van der Waals surface area contributed by atoms with Gasteiger partial charge in [-0.15, -0.1) is 0 Å². The fourth-order valence-electron chi connectivity index (χ4n) is 3.00. The number of hydrogen-bond donors (Lipinski definition) is 1. The molecule has 0 saturated carbocycles. The van der Waals surface area contributed by atoms with Crippen molar-refractivity contribution in [2.75, 3.05) is 39.2 Å². The molecule has 0 fully saturated rings. The molecule has 1 aliphatic rings. The van der Waals surface area contributed by atoms with Crippen LogP contribution in [0.4, 0.5) is 5.69 Å². The molecule has 7 nitrogen and oxygen atoms in total. The number of anilines is 1. The van der Waals surface area contributed by atoms with Crippen LogP contribution in [0.1, 0.15) is 12.0 Å². The van der Waals surface area contributed by atoms with Gasteiger partial charge in [-0.25, -0.2) is 0 Å². The number of carbonyl (C=O) groups is 1. The van der Waals surface area contributed by atoms with Crippen LogP contribution in [0, 0.1) is 0 Å². The van der Waals surface area contributed by atoms with Crippen molar-refractivity contribution in [1.82, 2.24) is 14.7 Å². The van der Waals surface area contributed by atoms with Gasteiger partial charge >= 0.3 is 0 Å². The highest BCUT2D eigenvalue weighted by molar-refractivity contribution is 5.93. The molecule has 1 N–H and O–H groups in total. The summed E-state index contributed by atoms with van der Waals surface area (Å²) >= 11 is 0. The number of methoxy groups -OCH3 is 2. The van der Waals surface area contributed by atoms with E-state index in [4.69, 9.17) is 9.47 Å². The highest BCUT2D eigenvalue weighted by Gasteiger charge is 2.17. The molecule has 0 spiro atoms. The third-order valence-corrected chi connectivity index (χ3v) is 4.42. The molecule has 2 heterocycles. The van der Waals surface area contributed by atoms with Gasteiger partial charge in [-0.1, -0.05) is 6.08 Å². The Morgan fingerprint density at radius 1 is 1.31 bits per heavy atom. The molecule has 2 aromatic rings. The van der Waals surface area contributed by atoms with Crippen molar-refractivity contribution >= 4 is 17.2 Å². The minimum Gasteiger partial charge on any atom is -0.497 e. The zero-order chi connectivity index (χ0) is 18.5. The summed E-state index contributed by atoms with van der Waals surface area (Å²) in [7, 11) is 5.08. The minimum atomic E-state index is -0.0632. The molecule has 0 saturated heterocycles. The van der Waals surface area contributed by atoms with E-state index in [0.717, 1.165) is 25.1 Å². The second-order valence-electron chi connectivity index (χ2n) is 6.23. The molecule has 1 aromatic carbocycles. The van der Waals surface area contributed by atoms with Crippen LogP contribution in [-0.2, 0) is 11.8 Å². The lowest BCUT2D eigenvalue weighted by molar-refractivity contribution is -0.117. The van der Waals surface area contributed by atoms with E-state index in [1.54, 1.807) is 37.1 Å². The first-order chi connectivity index (χ1) is 12.6. The van der Waals surface area contributed by atoms with E-state index in [0.29, 0.717) is 23.7 Å². The number of ether oxygens (including phenoxy) is 2. The van der Waals surface area contributed by atoms with Gasteiger partial charge in [0.05, 0.1) is 32.6 Å². The number of aryl methyl sites for hydroxylation is 1. The lowest BCUT2D eigenvalue weighted by Gasteiger charge is -2.25. The molecule has 3 rings (SSSR count). The summed E-state index contributed by atoms with van der Waals surface area (Å²) in [6.45, 7) is 1.93. The first-order valence-corrected chi connectivity index (χ1v) is 8.51. The summed E-state index contributed by atoms with van der Waals surface area (Å²) in [6, 6.07) is 5.33. The molecule has 0 atom stereocenters. The smallest absolute Gasteiger partial charge is 0.238 e. The Balaban J connectivity index is 1.57. The maximum atomic E-state index is 12.4. The number of carbonyl (C=O) groups excluding carboxylic acids is 1. The zero-order valence-electron chi connectivity index (χ0n) is 15.4. The Morgan fingerprint density at radius 3 is 2.77 bits per heavy atom. The molecule has 1 aliphatic heterocycles. The average Bonchev–Trinajstić information content (AvgIpc) is 3.09. The van der Waals surface area contributed by atoms with Gasteiger partial charge in [0.1, 0.15) is 11.5 Å². The lowest BCUT2D eigenvalue weighted by atomic mass is 10.0. The second-order valence-corrected chi connectivity index (χ2v) is 6.23. The van der Waals surface area contributed by atoms with Crippen molar-refractivity contribution in [2.24, 2.45) is 7.05 Å². The molecule has 0 bridgehead atoms. The summed E-state index contributed by atoms with van der Waals surface area (Å²) < 4.78 is 12.3. The van der Waals surface area contributed by atoms with Crippen LogP contribution >= 0.6 is 0 Å². The van der Waals surface area contributed by atoms with E-state index in [1.807, 2.05) is 19.4 Å². The average molecular weight is 356 g/mol. The zero-order valence-corrected chi connectivity index (χ0v) is 15.4. The number of hydrogen-bond acceptors (Lipinski definition) is 5. The van der Waals surface area contributed by atoms with Crippen molar-refractivity contribution < 1.29 is 14.3 Å². The summed E-state index contributed by atoms with van der Waals surface area (Å²) in [6.07, 6.45) is 6.97. The van der Waals surface area contributed by atoms with Crippen molar-refractivity contribution in [1.29, 1.82) is 0 Å². The Morgan fingerprint density at radius 2 is 2.15 bits per heavy atom. The van der Waals surface area contributed by atoms with Crippen LogP contribution in [0.25, 0.3) is 5.57 Å². The largest absolute Gasteiger partial charge is 0.497 e. The number of nitrogens with zero attached hydrogens (tertiary/aromatic N) is 3. The fraction of sp³-hybridized carbons (Fsp3) is 0.368. The van der Waals surface area contributed by atoms with Crippen molar-refractivity contribution in [3.8, 4) is 11.5 Å². The molecule has 1 amide bonds. The van der Waals surface area contributed by atoms with Crippen molar-refractivity contribution in [3.63, 3.8) is 0 Å². The fourth-order valence-corrected chi connectivity index (χ4v) is 3.00. The van der Waals surface area contributed by atoms with Gasteiger partial charge < -0.3 is 14.8 Å². The third-order valence-electron chi connectivity index (χ3n) is 4.42. The maximum absolute atomic E-state index is 12.4. The molecule has 7 heteroatoms. The molecule has 138 valence electrons. The summed E-state index contributed by atoms with van der Waals surface area (Å²) in [5.41, 5.74) is 3.08. The molecule has 0 aliphatic carbocycles. The summed E-state index contributed by atoms with van der Waals surface area (Å²) in [5.74, 6) is 1.20. The number of amides is 1. The van der Waals surface area contributed by atoms with Crippen LogP contribution in [0.15, 0.2) is 36.7 Å². The van der Waals surface area contributed by atoms with Crippen LogP contribution < -0.4 is 14.8 Å². The van der Waals surface area contributed by atoms with Crippen LogP contribution in [-0.4, -0.2) is 54.4 Å². The number of nitrogens with one attached hydrogen (secondary N) is 1. The molecular formula is C19H24N4O3. The SMILES string of the molecule is COc1ccc(NC(=O)CN2CC=C(c3cnn(C)c3)CC2)c(OC)c1. The van der Waals surface area contributed by atoms with E-state index in [-0.39, 0.29) is 5.91 Å². The van der Waals surface area contributed by atoms with Crippen molar-refractivity contribution in [2.45, 2.75) is 6.42 Å². The predicted octanol–water partition coefficient (Wildman–Crippen LogP) is 2.17. The van der Waals surface area contributed by atoms with E-state index in [2.05, 4.69) is 21.4 Å². The third kappa shape index (κ3) is 4.23. The van der Waals surface area contributed by atoms with Gasteiger partial charge in [0.25, 0.3) is 0 Å². The van der Waals surface area contributed by atoms with Crippen LogP contribution in [0.3, 0.4) is 0 Å². The van der Waals surface area contributed by atoms with Crippen molar-refractivity contribution in [3.05, 3.63) is 42.2 Å². The predicted molar refractivity (Wildman–Crippen MR) is 100 cm³/mol. The first-order valence-electron chi connectivity index (χ1n) is 8.51. The summed E-state index contributed by atoms with van der Waals surface area (Å²) in [5, 5.41) is 7.12. The van der Waals surface area contributed by atoms with E-state index in [1.165, 1.54) is 5.57 Å². The molecule has 0 unspecified atom stereocenters. The first kappa shape index (κ1) is 18.0. The molecular weight excluding hydrogens is 332 g/mol. The van der Waals surface area contributed by atoms with Gasteiger partial charge in [-0.2, -0.15) is 5.10 Å². The van der Waals surface area contributed by atoms with Crippen LogP contribution in [0.5, 0.6) is 11.5 Å². The normalized spacial score (nSPS) is 14.7. The minimum absolute atomic E-state index is 0.0632. The summed E-state index contributed by atoms with van der Waals surface area (Å²) in [4.78, 5) is 14.5. The van der Waals surface area contributed by atoms with E-state index >= 15 is 0 Å². The van der Waals surface area contributed by atoms with E-state index < -0.39 is 0 Å². The van der Waals surface area contributed by atoms with E-state index in [9.17, 15) is 4.79 Å². The highest BCUT2D eigenvalue weighted by Crippen LogP contribution is 2.29. The molecule has 26 heavy (non-hydrogen) atoms. The molecule has 0 radical (unpaired) electrons. The maximum Gasteiger partial charge on any atom is 0.238 e. The lowest BCUT2D eigenvalue weighted by Crippen LogP contribution is -2.36. The Bertz CT molecular complexity index is 813. The Labute approximate surface area is 153 Å². The van der Waals surface area contributed by atoms with Crippen LogP contribution in [0.2, 0.25) is 0 Å². The number of rotatable bonds is 6. The molecule has 1 aromatic heterocycles. The quantitative estimate of drug-likeness (QED) is 0.859. The van der Waals surface area contributed by atoms with Gasteiger partial charge in [-0.3, -0.25) is 14.4 Å². The number of aromatic nitrogens is 2. The number of benzene rings is 1. The topological polar surface area (TPSA) is 68.6 Å². The second kappa shape index (κ2) is 8.05. The Hall–Kier alpha value is -2.80. The van der Waals surface area contributed by atoms with Gasteiger partial charge in [0, 0.05) is 38.0 Å².